The van der Waals surface area contributed by atoms with Gasteiger partial charge in [-0.25, -0.2) is 4.79 Å². The molecule has 0 fully saturated rings. The summed E-state index contributed by atoms with van der Waals surface area (Å²) in [6, 6.07) is 11.2. The molecule has 0 spiro atoms. The molecule has 7 nitrogen and oxygen atoms in total. The molecule has 0 radical (unpaired) electrons. The van der Waals surface area contributed by atoms with E-state index in [1.54, 1.807) is 4.90 Å². The van der Waals surface area contributed by atoms with Crippen molar-refractivity contribution in [2.24, 2.45) is 5.92 Å². The fraction of sp³-hybridized carbons (Fsp3) is 0.263. The first-order valence-corrected chi connectivity index (χ1v) is 8.18. The number of nitro groups is 1. The molecule has 1 heterocycles. The van der Waals surface area contributed by atoms with Crippen molar-refractivity contribution in [3.63, 3.8) is 0 Å². The number of benzene rings is 2. The van der Waals surface area contributed by atoms with Crippen LogP contribution in [0.25, 0.3) is 0 Å². The van der Waals surface area contributed by atoms with Crippen LogP contribution in [0.4, 0.5) is 11.4 Å². The van der Waals surface area contributed by atoms with Crippen molar-refractivity contribution in [1.82, 2.24) is 0 Å². The first-order chi connectivity index (χ1) is 12.4. The van der Waals surface area contributed by atoms with Crippen LogP contribution in [0, 0.1) is 16.0 Å². The third kappa shape index (κ3) is 3.28. The number of amides is 1. The van der Waals surface area contributed by atoms with Crippen LogP contribution in [-0.4, -0.2) is 30.5 Å². The smallest absolute Gasteiger partial charge is 0.338 e. The van der Waals surface area contributed by atoms with Gasteiger partial charge in [-0.2, -0.15) is 0 Å². The van der Waals surface area contributed by atoms with E-state index in [0.29, 0.717) is 6.54 Å². The van der Waals surface area contributed by atoms with Crippen LogP contribution in [0.15, 0.2) is 42.5 Å². The topological polar surface area (TPSA) is 89.8 Å². The molecule has 0 saturated heterocycles. The first-order valence-electron chi connectivity index (χ1n) is 8.18. The Morgan fingerprint density at radius 3 is 2.58 bits per heavy atom. The van der Waals surface area contributed by atoms with Crippen LogP contribution >= 0.6 is 0 Å². The van der Waals surface area contributed by atoms with Gasteiger partial charge in [-0.1, -0.05) is 25.1 Å². The zero-order valence-electron chi connectivity index (χ0n) is 14.5. The molecule has 0 bridgehead atoms. The summed E-state index contributed by atoms with van der Waals surface area (Å²) in [6.45, 7) is 2.55. The molecule has 0 aliphatic carbocycles. The van der Waals surface area contributed by atoms with Gasteiger partial charge in [0.25, 0.3) is 11.6 Å². The molecule has 26 heavy (non-hydrogen) atoms. The normalized spacial score (nSPS) is 15.9. The van der Waals surface area contributed by atoms with Gasteiger partial charge in [0.2, 0.25) is 0 Å². The molecule has 0 aromatic heterocycles. The first kappa shape index (κ1) is 17.6. The molecular weight excluding hydrogens is 336 g/mol. The van der Waals surface area contributed by atoms with Crippen LogP contribution in [0.5, 0.6) is 0 Å². The zero-order valence-corrected chi connectivity index (χ0v) is 14.5. The van der Waals surface area contributed by atoms with E-state index < -0.39 is 10.9 Å². The average Bonchev–Trinajstić information content (AvgIpc) is 2.65. The molecule has 2 aromatic carbocycles. The molecular formula is C19H18N2O5. The lowest BCUT2D eigenvalue weighted by atomic mass is 9.93. The van der Waals surface area contributed by atoms with Crippen LogP contribution in [-0.2, 0) is 11.2 Å². The zero-order chi connectivity index (χ0) is 18.8. The summed E-state index contributed by atoms with van der Waals surface area (Å²) in [7, 11) is 1.19. The minimum atomic E-state index is -0.727. The molecule has 1 aliphatic heterocycles. The number of hydrogen-bond donors (Lipinski definition) is 0. The maximum absolute atomic E-state index is 13.1. The number of carbonyl (C=O) groups is 2. The lowest BCUT2D eigenvalue weighted by Gasteiger charge is -2.33. The number of hydrogen-bond acceptors (Lipinski definition) is 5. The highest BCUT2D eigenvalue weighted by molar-refractivity contribution is 6.08. The minimum absolute atomic E-state index is 0.0246. The largest absolute Gasteiger partial charge is 0.465 e. The number of anilines is 1. The number of non-ortho nitro benzene ring substituents is 1. The van der Waals surface area contributed by atoms with Crippen molar-refractivity contribution in [2.75, 3.05) is 18.6 Å². The van der Waals surface area contributed by atoms with Gasteiger partial charge in [0.15, 0.2) is 0 Å². The van der Waals surface area contributed by atoms with E-state index in [1.165, 1.54) is 19.2 Å². The number of ether oxygens (including phenoxy) is 1. The lowest BCUT2D eigenvalue weighted by molar-refractivity contribution is -0.384. The molecule has 0 saturated carbocycles. The Morgan fingerprint density at radius 1 is 1.19 bits per heavy atom. The van der Waals surface area contributed by atoms with E-state index in [9.17, 15) is 19.7 Å². The summed E-state index contributed by atoms with van der Waals surface area (Å²) in [5.74, 6) is -0.847. The summed E-state index contributed by atoms with van der Waals surface area (Å²) in [4.78, 5) is 37.1. The Balaban J connectivity index is 2.06. The average molecular weight is 354 g/mol. The van der Waals surface area contributed by atoms with Crippen molar-refractivity contribution < 1.29 is 19.2 Å². The monoisotopic (exact) mass is 354 g/mol. The number of nitro benzene ring substituents is 1. The highest BCUT2D eigenvalue weighted by Crippen LogP contribution is 2.31. The second-order valence-electron chi connectivity index (χ2n) is 6.37. The fourth-order valence-corrected chi connectivity index (χ4v) is 3.22. The number of esters is 1. The molecule has 3 rings (SSSR count). The van der Waals surface area contributed by atoms with E-state index in [4.69, 9.17) is 0 Å². The second kappa shape index (κ2) is 6.95. The third-order valence-electron chi connectivity index (χ3n) is 4.39. The quantitative estimate of drug-likeness (QED) is 0.479. The van der Waals surface area contributed by atoms with E-state index in [-0.39, 0.29) is 28.6 Å². The maximum Gasteiger partial charge on any atom is 0.338 e. The van der Waals surface area contributed by atoms with Gasteiger partial charge in [-0.15, -0.1) is 0 Å². The number of nitrogens with zero attached hydrogens (tertiary/aromatic N) is 2. The maximum atomic E-state index is 13.1. The molecule has 1 aliphatic rings. The van der Waals surface area contributed by atoms with Gasteiger partial charge >= 0.3 is 5.97 Å². The van der Waals surface area contributed by atoms with Crippen LogP contribution < -0.4 is 4.90 Å². The summed E-state index contributed by atoms with van der Waals surface area (Å²) in [5, 5.41) is 11.2. The molecule has 134 valence electrons. The molecule has 7 heteroatoms. The fourth-order valence-electron chi connectivity index (χ4n) is 3.22. The highest BCUT2D eigenvalue weighted by Gasteiger charge is 2.28. The Bertz CT molecular complexity index is 893. The Hall–Kier alpha value is -3.22. The van der Waals surface area contributed by atoms with Crippen LogP contribution in [0.1, 0.15) is 33.2 Å². The highest BCUT2D eigenvalue weighted by atomic mass is 16.6. The van der Waals surface area contributed by atoms with Crippen molar-refractivity contribution in [1.29, 1.82) is 0 Å². The van der Waals surface area contributed by atoms with E-state index in [0.717, 1.165) is 23.7 Å². The van der Waals surface area contributed by atoms with Gasteiger partial charge in [0, 0.05) is 29.9 Å². The minimum Gasteiger partial charge on any atom is -0.465 e. The SMILES string of the molecule is COC(=O)c1cc(C(=O)N2CC(C)Cc3ccccc32)cc([N+](=O)[O-])c1. The molecule has 0 N–H and O–H groups in total. The Morgan fingerprint density at radius 2 is 1.88 bits per heavy atom. The van der Waals surface area contributed by atoms with Crippen LogP contribution in [0.3, 0.4) is 0 Å². The molecule has 1 atom stereocenters. The molecule has 1 amide bonds. The van der Waals surface area contributed by atoms with E-state index in [2.05, 4.69) is 4.74 Å². The second-order valence-corrected chi connectivity index (χ2v) is 6.37. The van der Waals surface area contributed by atoms with Crippen LogP contribution in [0.2, 0.25) is 0 Å². The number of fused-ring (bicyclic) bond motifs is 1. The summed E-state index contributed by atoms with van der Waals surface area (Å²) < 4.78 is 4.64. The molecule has 1 unspecified atom stereocenters. The predicted molar refractivity (Wildman–Crippen MR) is 95.4 cm³/mol. The summed E-state index contributed by atoms with van der Waals surface area (Å²) >= 11 is 0. The van der Waals surface area contributed by atoms with E-state index >= 15 is 0 Å². The number of rotatable bonds is 3. The van der Waals surface area contributed by atoms with Gasteiger partial charge in [-0.05, 0) is 30.0 Å². The third-order valence-corrected chi connectivity index (χ3v) is 4.39. The van der Waals surface area contributed by atoms with Gasteiger partial charge in [-0.3, -0.25) is 14.9 Å². The number of carbonyl (C=O) groups excluding carboxylic acids is 2. The standard InChI is InChI=1S/C19H18N2O5/c1-12-7-13-5-3-4-6-17(13)20(11-12)18(22)14-8-15(19(23)26-2)10-16(9-14)21(24)25/h3-6,8-10,12H,7,11H2,1-2H3. The number of methoxy groups -OCH3 is 1. The van der Waals surface area contributed by atoms with Gasteiger partial charge in [0.1, 0.15) is 0 Å². The lowest BCUT2D eigenvalue weighted by Crippen LogP contribution is -2.39. The van der Waals surface area contributed by atoms with Crippen molar-refractivity contribution in [3.05, 3.63) is 69.3 Å². The number of para-hydroxylation sites is 1. The molecule has 2 aromatic rings. The van der Waals surface area contributed by atoms with Crippen molar-refractivity contribution in [2.45, 2.75) is 13.3 Å². The van der Waals surface area contributed by atoms with Crippen molar-refractivity contribution >= 4 is 23.3 Å². The predicted octanol–water partition coefficient (Wildman–Crippen LogP) is 3.22. The Labute approximate surface area is 150 Å². The van der Waals surface area contributed by atoms with Gasteiger partial charge < -0.3 is 9.64 Å². The van der Waals surface area contributed by atoms with Gasteiger partial charge in [0.05, 0.1) is 17.6 Å². The summed E-state index contributed by atoms with van der Waals surface area (Å²) in [5.41, 5.74) is 1.58. The summed E-state index contributed by atoms with van der Waals surface area (Å²) in [6.07, 6.45) is 0.863. The van der Waals surface area contributed by atoms with Crippen molar-refractivity contribution in [3.8, 4) is 0 Å². The van der Waals surface area contributed by atoms with E-state index in [1.807, 2.05) is 31.2 Å². The Kier molecular flexibility index (Phi) is 4.71.